The molecule has 7 nitrogen and oxygen atoms in total. The summed E-state index contributed by atoms with van der Waals surface area (Å²) in [6, 6.07) is 2.06. The topological polar surface area (TPSA) is 69.8 Å². The monoisotopic (exact) mass is 398 g/mol. The molecule has 9 heteroatoms. The Bertz CT molecular complexity index is 693. The molecule has 0 aromatic carbocycles. The molecule has 2 saturated heterocycles. The molecule has 2 aliphatic rings. The highest BCUT2D eigenvalue weighted by Crippen LogP contribution is 2.30. The van der Waals surface area contributed by atoms with Crippen LogP contribution in [-0.2, 0) is 24.1 Å². The van der Waals surface area contributed by atoms with E-state index in [1.807, 2.05) is 17.9 Å². The van der Waals surface area contributed by atoms with E-state index in [0.717, 1.165) is 68.7 Å². The minimum Gasteiger partial charge on any atom is -0.376 e. The molecule has 0 saturated carbocycles. The maximum Gasteiger partial charge on any atom is 0.191 e. The minimum absolute atomic E-state index is 0. The van der Waals surface area contributed by atoms with E-state index >= 15 is 0 Å². The Hall–Kier alpha value is -1.09. The van der Waals surface area contributed by atoms with Crippen LogP contribution in [0.3, 0.4) is 0 Å². The molecule has 144 valence electrons. The summed E-state index contributed by atoms with van der Waals surface area (Å²) in [7, 11) is 1.98. The molecule has 4 rings (SSSR count). The first kappa shape index (κ1) is 19.7. The van der Waals surface area contributed by atoms with Gasteiger partial charge in [0, 0.05) is 37.2 Å². The van der Waals surface area contributed by atoms with Crippen LogP contribution in [0.4, 0.5) is 0 Å². The number of nitrogens with zero attached hydrogens (tertiary/aromatic N) is 5. The first-order valence-electron chi connectivity index (χ1n) is 9.16. The fourth-order valence-electron chi connectivity index (χ4n) is 3.63. The lowest BCUT2D eigenvalue weighted by Crippen LogP contribution is -2.29. The second-order valence-corrected chi connectivity index (χ2v) is 7.79. The Kier molecular flexibility index (Phi) is 6.97. The molecule has 1 unspecified atom stereocenters. The van der Waals surface area contributed by atoms with Crippen molar-refractivity contribution in [2.45, 2.75) is 55.2 Å². The van der Waals surface area contributed by atoms with E-state index < -0.39 is 0 Å². The van der Waals surface area contributed by atoms with Crippen LogP contribution in [0.1, 0.15) is 43.1 Å². The van der Waals surface area contributed by atoms with Crippen molar-refractivity contribution in [3.05, 3.63) is 23.8 Å². The van der Waals surface area contributed by atoms with E-state index in [1.54, 1.807) is 11.8 Å². The molecule has 0 aliphatic carbocycles. The fourth-order valence-corrected chi connectivity index (χ4v) is 4.62. The number of aryl methyl sites for hydroxylation is 1. The van der Waals surface area contributed by atoms with Crippen molar-refractivity contribution < 1.29 is 4.74 Å². The third-order valence-electron chi connectivity index (χ3n) is 5.13. The molecule has 2 aromatic rings. The molecule has 26 heavy (non-hydrogen) atoms. The molecule has 0 spiro atoms. The van der Waals surface area contributed by atoms with Gasteiger partial charge in [-0.3, -0.25) is 4.68 Å². The van der Waals surface area contributed by atoms with Crippen molar-refractivity contribution in [1.29, 1.82) is 0 Å². The van der Waals surface area contributed by atoms with Crippen LogP contribution >= 0.6 is 24.2 Å². The summed E-state index contributed by atoms with van der Waals surface area (Å²) in [5, 5.41) is 17.8. The number of rotatable bonds is 6. The molecule has 0 amide bonds. The maximum atomic E-state index is 5.88. The average molecular weight is 399 g/mol. The van der Waals surface area contributed by atoms with Gasteiger partial charge in [0.15, 0.2) is 5.16 Å². The Morgan fingerprint density at radius 3 is 2.81 bits per heavy atom. The molecular weight excluding hydrogens is 372 g/mol. The average Bonchev–Trinajstić information content (AvgIpc) is 3.37. The summed E-state index contributed by atoms with van der Waals surface area (Å²) in [4.78, 5) is 0. The van der Waals surface area contributed by atoms with Crippen molar-refractivity contribution in [2.24, 2.45) is 7.05 Å². The molecule has 2 aliphatic heterocycles. The van der Waals surface area contributed by atoms with Gasteiger partial charge in [0.1, 0.15) is 5.82 Å². The number of aromatic nitrogens is 5. The highest BCUT2D eigenvalue weighted by atomic mass is 35.5. The zero-order valence-electron chi connectivity index (χ0n) is 15.1. The Morgan fingerprint density at radius 2 is 2.12 bits per heavy atom. The van der Waals surface area contributed by atoms with Crippen LogP contribution in [0.15, 0.2) is 17.4 Å². The quantitative estimate of drug-likeness (QED) is 0.753. The van der Waals surface area contributed by atoms with Crippen LogP contribution in [0, 0.1) is 0 Å². The third-order valence-corrected chi connectivity index (χ3v) is 6.13. The van der Waals surface area contributed by atoms with Gasteiger partial charge in [0.05, 0.1) is 12.6 Å². The molecule has 0 bridgehead atoms. The smallest absolute Gasteiger partial charge is 0.191 e. The molecule has 4 heterocycles. The Balaban J connectivity index is 0.00000196. The van der Waals surface area contributed by atoms with E-state index in [2.05, 4.69) is 31.2 Å². The van der Waals surface area contributed by atoms with Gasteiger partial charge in [-0.2, -0.15) is 5.10 Å². The van der Waals surface area contributed by atoms with E-state index in [0.29, 0.717) is 12.0 Å². The first-order chi connectivity index (χ1) is 12.3. The molecule has 1 atom stereocenters. The Morgan fingerprint density at radius 1 is 1.27 bits per heavy atom. The number of thioether (sulfide) groups is 1. The molecule has 0 radical (unpaired) electrons. The van der Waals surface area contributed by atoms with Crippen LogP contribution < -0.4 is 5.32 Å². The zero-order valence-corrected chi connectivity index (χ0v) is 16.8. The van der Waals surface area contributed by atoms with Gasteiger partial charge in [-0.05, 0) is 44.8 Å². The van der Waals surface area contributed by atoms with Crippen molar-refractivity contribution in [3.8, 4) is 0 Å². The lowest BCUT2D eigenvalue weighted by molar-refractivity contribution is 0.0936. The van der Waals surface area contributed by atoms with Crippen LogP contribution in [0.5, 0.6) is 0 Å². The summed E-state index contributed by atoms with van der Waals surface area (Å²) in [5.74, 6) is 2.50. The standard InChI is InChI=1S/C17H26N6OS.ClH/c1-22-14(6-9-19-22)12-25-17-21-20-16(13-4-7-18-8-5-13)23(17)11-15-3-2-10-24-15;/h6,9,13,15,18H,2-5,7-8,10-12H2,1H3;1H. The number of nitrogens with one attached hydrogen (secondary N) is 1. The number of hydrogen-bond donors (Lipinski definition) is 1. The molecule has 1 N–H and O–H groups in total. The predicted molar refractivity (Wildman–Crippen MR) is 104 cm³/mol. The van der Waals surface area contributed by atoms with Gasteiger partial charge < -0.3 is 14.6 Å². The largest absolute Gasteiger partial charge is 0.376 e. The zero-order chi connectivity index (χ0) is 17.1. The van der Waals surface area contributed by atoms with E-state index in [1.165, 1.54) is 5.69 Å². The molecular formula is C17H27ClN6OS. The van der Waals surface area contributed by atoms with Crippen LogP contribution in [-0.4, -0.2) is 50.3 Å². The lowest BCUT2D eigenvalue weighted by Gasteiger charge is -2.23. The maximum absolute atomic E-state index is 5.88. The van der Waals surface area contributed by atoms with Gasteiger partial charge in [0.2, 0.25) is 0 Å². The van der Waals surface area contributed by atoms with Gasteiger partial charge in [-0.1, -0.05) is 11.8 Å². The van der Waals surface area contributed by atoms with Crippen molar-refractivity contribution in [1.82, 2.24) is 29.9 Å². The minimum atomic E-state index is 0. The third kappa shape index (κ3) is 4.42. The van der Waals surface area contributed by atoms with Gasteiger partial charge in [-0.25, -0.2) is 0 Å². The normalized spacial score (nSPS) is 21.0. The van der Waals surface area contributed by atoms with Crippen molar-refractivity contribution >= 4 is 24.2 Å². The first-order valence-corrected chi connectivity index (χ1v) is 10.1. The van der Waals surface area contributed by atoms with Crippen LogP contribution in [0.2, 0.25) is 0 Å². The van der Waals surface area contributed by atoms with E-state index in [-0.39, 0.29) is 12.4 Å². The summed E-state index contributed by atoms with van der Waals surface area (Å²) < 4.78 is 10.1. The highest BCUT2D eigenvalue weighted by molar-refractivity contribution is 7.98. The predicted octanol–water partition coefficient (Wildman–Crippen LogP) is 2.37. The number of ether oxygens (including phenoxy) is 1. The summed E-state index contributed by atoms with van der Waals surface area (Å²) in [6.07, 6.45) is 6.70. The molecule has 2 aromatic heterocycles. The SMILES string of the molecule is Cl.Cn1nccc1CSc1nnc(C2CCNCC2)n1CC1CCCO1. The lowest BCUT2D eigenvalue weighted by atomic mass is 9.97. The summed E-state index contributed by atoms with van der Waals surface area (Å²) in [6.45, 7) is 3.89. The highest BCUT2D eigenvalue weighted by Gasteiger charge is 2.26. The van der Waals surface area contributed by atoms with E-state index in [9.17, 15) is 0 Å². The molecule has 2 fully saturated rings. The number of piperidine rings is 1. The van der Waals surface area contributed by atoms with Gasteiger partial charge >= 0.3 is 0 Å². The van der Waals surface area contributed by atoms with Crippen molar-refractivity contribution in [2.75, 3.05) is 19.7 Å². The number of halogens is 1. The van der Waals surface area contributed by atoms with Gasteiger partial charge in [0.25, 0.3) is 0 Å². The second-order valence-electron chi connectivity index (χ2n) is 6.85. The van der Waals surface area contributed by atoms with Crippen molar-refractivity contribution in [3.63, 3.8) is 0 Å². The fraction of sp³-hybridized carbons (Fsp3) is 0.706. The number of hydrogen-bond acceptors (Lipinski definition) is 6. The second kappa shape index (κ2) is 9.21. The Labute approximate surface area is 164 Å². The summed E-state index contributed by atoms with van der Waals surface area (Å²) >= 11 is 1.74. The summed E-state index contributed by atoms with van der Waals surface area (Å²) in [5.41, 5.74) is 1.19. The van der Waals surface area contributed by atoms with Crippen LogP contribution in [0.25, 0.3) is 0 Å². The van der Waals surface area contributed by atoms with Gasteiger partial charge in [-0.15, -0.1) is 22.6 Å². The van der Waals surface area contributed by atoms with E-state index in [4.69, 9.17) is 4.74 Å².